The lowest BCUT2D eigenvalue weighted by Crippen LogP contribution is -2.56. The zero-order valence-corrected chi connectivity index (χ0v) is 17.9. The van der Waals surface area contributed by atoms with Gasteiger partial charge in [0, 0.05) is 24.2 Å². The van der Waals surface area contributed by atoms with Gasteiger partial charge in [-0.1, -0.05) is 13.3 Å². The number of hydrogen-bond donors (Lipinski definition) is 0. The molecule has 3 aliphatic heterocycles. The molecule has 3 fully saturated rings. The van der Waals surface area contributed by atoms with E-state index in [1.807, 2.05) is 18.3 Å². The first-order valence-corrected chi connectivity index (χ1v) is 10.7. The Morgan fingerprint density at radius 1 is 1.25 bits per heavy atom. The first-order chi connectivity index (χ1) is 13.4. The minimum Gasteiger partial charge on any atom is -0.497 e. The van der Waals surface area contributed by atoms with Crippen LogP contribution in [0.1, 0.15) is 58.6 Å². The Morgan fingerprint density at radius 3 is 2.71 bits per heavy atom. The Kier molecular flexibility index (Phi) is 5.36. The van der Waals surface area contributed by atoms with Gasteiger partial charge in [0.2, 0.25) is 0 Å². The van der Waals surface area contributed by atoms with Crippen LogP contribution in [0, 0.1) is 11.8 Å². The number of fused-ring (bicyclic) bond motifs is 4. The highest BCUT2D eigenvalue weighted by Gasteiger charge is 2.44. The second kappa shape index (κ2) is 7.64. The largest absolute Gasteiger partial charge is 0.497 e. The van der Waals surface area contributed by atoms with Gasteiger partial charge >= 0.3 is 0 Å². The standard InChI is InChI=1S/C24H34N2O2/c1-6-16-15-26-12-10-17(16)13-22(26)23(28-24(2,3)4)19-9-11-25-21-8-7-18(27-5)14-20(19)21/h7-9,11,14,16-17,22-23H,6,10,12-13,15H2,1-5H3/t16?,17?,22?,23-/m1/s1. The third-order valence-corrected chi connectivity index (χ3v) is 6.58. The molecule has 0 saturated carbocycles. The number of aromatic nitrogens is 1. The van der Waals surface area contributed by atoms with Crippen LogP contribution in [0.3, 0.4) is 0 Å². The van der Waals surface area contributed by atoms with Gasteiger partial charge in [-0.25, -0.2) is 0 Å². The van der Waals surface area contributed by atoms with Crippen molar-refractivity contribution in [1.82, 2.24) is 9.88 Å². The van der Waals surface area contributed by atoms with Crippen molar-refractivity contribution in [2.24, 2.45) is 11.8 Å². The Hall–Kier alpha value is -1.65. The predicted octanol–water partition coefficient (Wildman–Crippen LogP) is 5.22. The Morgan fingerprint density at radius 2 is 2.07 bits per heavy atom. The fourth-order valence-corrected chi connectivity index (χ4v) is 5.21. The van der Waals surface area contributed by atoms with Gasteiger partial charge in [0.05, 0.1) is 24.3 Å². The molecule has 4 heterocycles. The maximum atomic E-state index is 6.76. The lowest BCUT2D eigenvalue weighted by molar-refractivity contribution is -0.131. The van der Waals surface area contributed by atoms with Crippen molar-refractivity contribution in [3.05, 3.63) is 36.0 Å². The van der Waals surface area contributed by atoms with Crippen LogP contribution in [0.15, 0.2) is 30.5 Å². The monoisotopic (exact) mass is 382 g/mol. The average molecular weight is 383 g/mol. The van der Waals surface area contributed by atoms with E-state index in [1.165, 1.54) is 37.9 Å². The van der Waals surface area contributed by atoms with E-state index in [2.05, 4.69) is 49.7 Å². The minimum atomic E-state index is -0.207. The zero-order chi connectivity index (χ0) is 19.9. The maximum absolute atomic E-state index is 6.76. The van der Waals surface area contributed by atoms with Crippen LogP contribution >= 0.6 is 0 Å². The molecular formula is C24H34N2O2. The molecule has 4 unspecified atom stereocenters. The number of nitrogens with zero attached hydrogens (tertiary/aromatic N) is 2. The molecule has 0 radical (unpaired) electrons. The summed E-state index contributed by atoms with van der Waals surface area (Å²) in [4.78, 5) is 7.28. The van der Waals surface area contributed by atoms with Gasteiger partial charge in [-0.15, -0.1) is 0 Å². The van der Waals surface area contributed by atoms with Gasteiger partial charge in [0.25, 0.3) is 0 Å². The van der Waals surface area contributed by atoms with E-state index in [0.29, 0.717) is 6.04 Å². The summed E-state index contributed by atoms with van der Waals surface area (Å²) >= 11 is 0. The first-order valence-electron chi connectivity index (χ1n) is 10.7. The highest BCUT2D eigenvalue weighted by molar-refractivity contribution is 5.84. The number of rotatable bonds is 5. The second-order valence-corrected chi connectivity index (χ2v) is 9.45. The van der Waals surface area contributed by atoms with E-state index in [4.69, 9.17) is 9.47 Å². The number of benzene rings is 1. The Balaban J connectivity index is 1.77. The van der Waals surface area contributed by atoms with Crippen LogP contribution < -0.4 is 4.74 Å². The maximum Gasteiger partial charge on any atom is 0.119 e. The van der Waals surface area contributed by atoms with E-state index >= 15 is 0 Å². The van der Waals surface area contributed by atoms with Crippen molar-refractivity contribution in [3.63, 3.8) is 0 Å². The van der Waals surface area contributed by atoms with Crippen LogP contribution in [0.5, 0.6) is 5.75 Å². The van der Waals surface area contributed by atoms with E-state index < -0.39 is 0 Å². The number of pyridine rings is 1. The van der Waals surface area contributed by atoms with E-state index in [-0.39, 0.29) is 11.7 Å². The van der Waals surface area contributed by atoms with Gasteiger partial charge in [-0.3, -0.25) is 9.88 Å². The Bertz CT molecular complexity index is 829. The van der Waals surface area contributed by atoms with Crippen molar-refractivity contribution in [2.75, 3.05) is 20.2 Å². The third-order valence-electron chi connectivity index (χ3n) is 6.58. The zero-order valence-electron chi connectivity index (χ0n) is 17.9. The van der Waals surface area contributed by atoms with Gasteiger partial charge in [-0.2, -0.15) is 0 Å². The van der Waals surface area contributed by atoms with Gasteiger partial charge in [0.1, 0.15) is 5.75 Å². The summed E-state index contributed by atoms with van der Waals surface area (Å²) in [5, 5.41) is 1.14. The molecule has 152 valence electrons. The van der Waals surface area contributed by atoms with Gasteiger partial charge in [-0.05, 0) is 81.8 Å². The first kappa shape index (κ1) is 19.7. The molecule has 28 heavy (non-hydrogen) atoms. The molecule has 0 spiro atoms. The molecule has 5 rings (SSSR count). The minimum absolute atomic E-state index is 0.0400. The summed E-state index contributed by atoms with van der Waals surface area (Å²) in [5.41, 5.74) is 2.04. The molecule has 0 aliphatic carbocycles. The smallest absolute Gasteiger partial charge is 0.119 e. The summed E-state index contributed by atoms with van der Waals surface area (Å²) in [6, 6.07) is 8.72. The summed E-state index contributed by atoms with van der Waals surface area (Å²) < 4.78 is 12.3. The van der Waals surface area contributed by atoms with Crippen LogP contribution in [0.25, 0.3) is 10.9 Å². The van der Waals surface area contributed by atoms with Crippen LogP contribution in [0.4, 0.5) is 0 Å². The molecule has 4 heteroatoms. The molecule has 0 amide bonds. The highest BCUT2D eigenvalue weighted by Crippen LogP contribution is 2.45. The molecule has 1 aromatic carbocycles. The molecule has 2 bridgehead atoms. The quantitative estimate of drug-likeness (QED) is 0.710. The van der Waals surface area contributed by atoms with Gasteiger partial charge in [0.15, 0.2) is 0 Å². The number of piperidine rings is 3. The highest BCUT2D eigenvalue weighted by atomic mass is 16.5. The number of methoxy groups -OCH3 is 1. The fraction of sp³-hybridized carbons (Fsp3) is 0.625. The third kappa shape index (κ3) is 3.77. The van der Waals surface area contributed by atoms with Crippen LogP contribution in [-0.4, -0.2) is 41.7 Å². The van der Waals surface area contributed by atoms with E-state index in [0.717, 1.165) is 28.5 Å². The summed E-state index contributed by atoms with van der Waals surface area (Å²) in [6.07, 6.45) is 5.82. The van der Waals surface area contributed by atoms with Crippen molar-refractivity contribution >= 4 is 10.9 Å². The molecule has 3 aliphatic rings. The number of hydrogen-bond acceptors (Lipinski definition) is 4. The van der Waals surface area contributed by atoms with Crippen molar-refractivity contribution in [3.8, 4) is 5.75 Å². The van der Waals surface area contributed by atoms with Crippen LogP contribution in [0.2, 0.25) is 0 Å². The van der Waals surface area contributed by atoms with Crippen LogP contribution in [-0.2, 0) is 4.74 Å². The molecular weight excluding hydrogens is 348 g/mol. The molecule has 2 aromatic rings. The van der Waals surface area contributed by atoms with E-state index in [9.17, 15) is 0 Å². The molecule has 3 saturated heterocycles. The lowest BCUT2D eigenvalue weighted by atomic mass is 9.72. The normalized spacial score (nSPS) is 28.5. The summed E-state index contributed by atoms with van der Waals surface area (Å²) in [6.45, 7) is 11.2. The fourth-order valence-electron chi connectivity index (χ4n) is 5.21. The van der Waals surface area contributed by atoms with Crippen molar-refractivity contribution in [2.45, 2.75) is 64.7 Å². The summed E-state index contributed by atoms with van der Waals surface area (Å²) in [5.74, 6) is 2.54. The second-order valence-electron chi connectivity index (χ2n) is 9.45. The average Bonchev–Trinajstić information content (AvgIpc) is 2.70. The summed E-state index contributed by atoms with van der Waals surface area (Å²) in [7, 11) is 1.72. The van der Waals surface area contributed by atoms with Crippen molar-refractivity contribution in [1.29, 1.82) is 0 Å². The molecule has 1 aromatic heterocycles. The van der Waals surface area contributed by atoms with Gasteiger partial charge < -0.3 is 9.47 Å². The number of ether oxygens (including phenoxy) is 2. The topological polar surface area (TPSA) is 34.6 Å². The predicted molar refractivity (Wildman–Crippen MR) is 114 cm³/mol. The lowest BCUT2D eigenvalue weighted by Gasteiger charge is -2.52. The van der Waals surface area contributed by atoms with Crippen molar-refractivity contribution < 1.29 is 9.47 Å². The molecule has 5 atom stereocenters. The SMILES string of the molecule is CCC1CN2CCC1CC2[C@H](OC(C)(C)C)c1ccnc2ccc(OC)cc12. The molecule has 4 nitrogen and oxygen atoms in total. The van der Waals surface area contributed by atoms with E-state index in [1.54, 1.807) is 7.11 Å². The Labute approximate surface area is 169 Å². The molecule has 0 N–H and O–H groups in total.